The third kappa shape index (κ3) is 3.06. The van der Waals surface area contributed by atoms with Crippen molar-refractivity contribution in [2.75, 3.05) is 0 Å². The number of furan rings is 1. The van der Waals surface area contributed by atoms with Crippen LogP contribution in [0.25, 0.3) is 44.1 Å². The van der Waals surface area contributed by atoms with E-state index in [2.05, 4.69) is 69.1 Å². The molecule has 3 heteroatoms. The van der Waals surface area contributed by atoms with E-state index >= 15 is 0 Å². The van der Waals surface area contributed by atoms with E-state index in [0.29, 0.717) is 11.6 Å². The van der Waals surface area contributed by atoms with Gasteiger partial charge in [-0.05, 0) is 79.5 Å². The van der Waals surface area contributed by atoms with Crippen LogP contribution >= 0.6 is 0 Å². The van der Waals surface area contributed by atoms with Crippen LogP contribution in [0.4, 0.5) is 0 Å². The molecule has 0 saturated heterocycles. The molecule has 0 aliphatic rings. The summed E-state index contributed by atoms with van der Waals surface area (Å²) < 4.78 is 6.28. The SMILES string of the molecule is Cc1cc(-c2ncc(C)c3cc(CC(C)C)ccc23)c2oc3nc(C)ccc3c2c1. The summed E-state index contributed by atoms with van der Waals surface area (Å²) in [5.41, 5.74) is 8.26. The number of nitrogens with zero attached hydrogens (tertiary/aromatic N) is 2. The Bertz CT molecular complexity index is 1430. The van der Waals surface area contributed by atoms with Gasteiger partial charge < -0.3 is 4.42 Å². The molecule has 0 spiro atoms. The summed E-state index contributed by atoms with van der Waals surface area (Å²) in [6.45, 7) is 10.8. The van der Waals surface area contributed by atoms with Gasteiger partial charge in [0.1, 0.15) is 5.58 Å². The van der Waals surface area contributed by atoms with Gasteiger partial charge >= 0.3 is 0 Å². The van der Waals surface area contributed by atoms with E-state index in [1.54, 1.807) is 0 Å². The van der Waals surface area contributed by atoms with Gasteiger partial charge in [0.2, 0.25) is 5.71 Å². The van der Waals surface area contributed by atoms with E-state index in [1.807, 2.05) is 19.2 Å². The Kier molecular flexibility index (Phi) is 4.35. The first-order valence-electron chi connectivity index (χ1n) is 10.6. The van der Waals surface area contributed by atoms with Crippen LogP contribution in [0.15, 0.2) is 53.1 Å². The lowest BCUT2D eigenvalue weighted by Gasteiger charge is -2.12. The smallest absolute Gasteiger partial charge is 0.227 e. The lowest BCUT2D eigenvalue weighted by molar-refractivity contribution is 0.648. The van der Waals surface area contributed by atoms with Crippen LogP contribution in [-0.4, -0.2) is 9.97 Å². The van der Waals surface area contributed by atoms with E-state index in [1.165, 1.54) is 27.5 Å². The highest BCUT2D eigenvalue weighted by Gasteiger charge is 2.17. The standard InChI is InChI=1S/C27H26N2O/c1-15(2)10-19-7-9-20-22(13-19)17(4)14-28-25(20)24-12-16(3)11-23-21-8-6-18(5)29-27(21)30-26(23)24/h6-9,11-15H,10H2,1-5H3. The maximum Gasteiger partial charge on any atom is 0.227 e. The molecule has 3 nitrogen and oxygen atoms in total. The maximum atomic E-state index is 6.28. The van der Waals surface area contributed by atoms with Gasteiger partial charge in [0.25, 0.3) is 0 Å². The summed E-state index contributed by atoms with van der Waals surface area (Å²) in [7, 11) is 0. The predicted molar refractivity (Wildman–Crippen MR) is 125 cm³/mol. The molecule has 0 fully saturated rings. The van der Waals surface area contributed by atoms with Gasteiger partial charge in [0, 0.05) is 33.6 Å². The van der Waals surface area contributed by atoms with Crippen molar-refractivity contribution in [1.82, 2.24) is 9.97 Å². The molecule has 0 radical (unpaired) electrons. The normalized spacial score (nSPS) is 11.9. The average Bonchev–Trinajstić information content (AvgIpc) is 3.05. The van der Waals surface area contributed by atoms with E-state index in [-0.39, 0.29) is 0 Å². The summed E-state index contributed by atoms with van der Waals surface area (Å²) in [6.07, 6.45) is 3.06. The molecule has 0 aliphatic carbocycles. The van der Waals surface area contributed by atoms with Crippen molar-refractivity contribution in [1.29, 1.82) is 0 Å². The minimum Gasteiger partial charge on any atom is -0.437 e. The summed E-state index contributed by atoms with van der Waals surface area (Å²) in [4.78, 5) is 9.47. The molecule has 0 aliphatic heterocycles. The van der Waals surface area contributed by atoms with E-state index < -0.39 is 0 Å². The molecule has 150 valence electrons. The van der Waals surface area contributed by atoms with Crippen molar-refractivity contribution < 1.29 is 4.42 Å². The number of pyridine rings is 2. The van der Waals surface area contributed by atoms with Crippen LogP contribution < -0.4 is 0 Å². The van der Waals surface area contributed by atoms with Crippen molar-refractivity contribution in [2.24, 2.45) is 5.92 Å². The number of hydrogen-bond donors (Lipinski definition) is 0. The minimum atomic E-state index is 0.631. The molecule has 3 aromatic heterocycles. The van der Waals surface area contributed by atoms with Crippen LogP contribution in [-0.2, 0) is 6.42 Å². The summed E-state index contributed by atoms with van der Waals surface area (Å²) in [5, 5.41) is 4.58. The highest BCUT2D eigenvalue weighted by molar-refractivity contribution is 6.11. The number of benzene rings is 2. The number of fused-ring (bicyclic) bond motifs is 4. The third-order valence-corrected chi connectivity index (χ3v) is 5.77. The second-order valence-electron chi connectivity index (χ2n) is 8.86. The van der Waals surface area contributed by atoms with Crippen molar-refractivity contribution in [3.8, 4) is 11.3 Å². The Balaban J connectivity index is 1.81. The topological polar surface area (TPSA) is 38.9 Å². The average molecular weight is 395 g/mol. The lowest BCUT2D eigenvalue weighted by atomic mass is 9.95. The molecule has 3 heterocycles. The fraction of sp³-hybridized carbons (Fsp3) is 0.259. The van der Waals surface area contributed by atoms with Crippen LogP contribution in [0, 0.1) is 26.7 Å². The molecule has 0 N–H and O–H groups in total. The van der Waals surface area contributed by atoms with E-state index in [4.69, 9.17) is 9.40 Å². The second-order valence-corrected chi connectivity index (χ2v) is 8.86. The third-order valence-electron chi connectivity index (χ3n) is 5.77. The Morgan fingerprint density at radius 2 is 1.67 bits per heavy atom. The van der Waals surface area contributed by atoms with Gasteiger partial charge in [-0.2, -0.15) is 0 Å². The quantitative estimate of drug-likeness (QED) is 0.322. The maximum absolute atomic E-state index is 6.28. The zero-order valence-electron chi connectivity index (χ0n) is 18.2. The first-order valence-corrected chi connectivity index (χ1v) is 10.6. The molecular weight excluding hydrogens is 368 g/mol. The highest BCUT2D eigenvalue weighted by atomic mass is 16.3. The zero-order valence-corrected chi connectivity index (χ0v) is 18.2. The molecule has 0 amide bonds. The molecule has 30 heavy (non-hydrogen) atoms. The lowest BCUT2D eigenvalue weighted by Crippen LogP contribution is -1.96. The Morgan fingerprint density at radius 1 is 0.867 bits per heavy atom. The zero-order chi connectivity index (χ0) is 21.0. The van der Waals surface area contributed by atoms with Gasteiger partial charge in [0.15, 0.2) is 0 Å². The predicted octanol–water partition coefficient (Wildman–Crippen LogP) is 7.32. The summed E-state index contributed by atoms with van der Waals surface area (Å²) >= 11 is 0. The number of aromatic nitrogens is 2. The number of rotatable bonds is 3. The minimum absolute atomic E-state index is 0.631. The van der Waals surface area contributed by atoms with Crippen molar-refractivity contribution in [2.45, 2.75) is 41.0 Å². The van der Waals surface area contributed by atoms with Crippen LogP contribution in [0.5, 0.6) is 0 Å². The summed E-state index contributed by atoms with van der Waals surface area (Å²) in [6, 6.07) is 15.3. The number of aryl methyl sites for hydroxylation is 3. The molecule has 5 rings (SSSR count). The first-order chi connectivity index (χ1) is 14.4. The van der Waals surface area contributed by atoms with Gasteiger partial charge in [-0.3, -0.25) is 4.98 Å². The number of hydrogen-bond acceptors (Lipinski definition) is 3. The fourth-order valence-corrected chi connectivity index (χ4v) is 4.41. The Morgan fingerprint density at radius 3 is 2.47 bits per heavy atom. The molecular formula is C27H26N2O. The monoisotopic (exact) mass is 394 g/mol. The van der Waals surface area contributed by atoms with Gasteiger partial charge in [-0.15, -0.1) is 0 Å². The summed E-state index contributed by atoms with van der Waals surface area (Å²) in [5.74, 6) is 0.631. The van der Waals surface area contributed by atoms with Crippen molar-refractivity contribution in [3.63, 3.8) is 0 Å². The Labute approximate surface area is 176 Å². The molecule has 0 bridgehead atoms. The van der Waals surface area contributed by atoms with E-state index in [9.17, 15) is 0 Å². The van der Waals surface area contributed by atoms with Crippen LogP contribution in [0.3, 0.4) is 0 Å². The van der Waals surface area contributed by atoms with Crippen LogP contribution in [0.2, 0.25) is 0 Å². The van der Waals surface area contributed by atoms with E-state index in [0.717, 1.165) is 39.7 Å². The van der Waals surface area contributed by atoms with Gasteiger partial charge in [-0.25, -0.2) is 4.98 Å². The van der Waals surface area contributed by atoms with Crippen LogP contribution in [0.1, 0.15) is 36.2 Å². The first kappa shape index (κ1) is 18.8. The largest absolute Gasteiger partial charge is 0.437 e. The molecule has 0 unspecified atom stereocenters. The van der Waals surface area contributed by atoms with Gasteiger partial charge in [-0.1, -0.05) is 32.0 Å². The second kappa shape index (κ2) is 6.94. The van der Waals surface area contributed by atoms with Crippen molar-refractivity contribution >= 4 is 32.8 Å². The molecule has 5 aromatic rings. The molecule has 2 aromatic carbocycles. The fourth-order valence-electron chi connectivity index (χ4n) is 4.41. The Hall–Kier alpha value is -3.20. The van der Waals surface area contributed by atoms with Crippen molar-refractivity contribution in [3.05, 3.63) is 71.0 Å². The van der Waals surface area contributed by atoms with Gasteiger partial charge in [0.05, 0.1) is 5.69 Å². The highest BCUT2D eigenvalue weighted by Crippen LogP contribution is 2.38. The molecule has 0 saturated carbocycles. The molecule has 0 atom stereocenters.